The highest BCUT2D eigenvalue weighted by Crippen LogP contribution is 2.25. The second-order valence-corrected chi connectivity index (χ2v) is 7.43. The Labute approximate surface area is 113 Å². The summed E-state index contributed by atoms with van der Waals surface area (Å²) >= 11 is 3.42. The number of hydrogen-bond acceptors (Lipinski definition) is 5. The minimum Gasteiger partial charge on any atom is -0.366 e. The van der Waals surface area contributed by atoms with Crippen molar-refractivity contribution in [1.29, 1.82) is 0 Å². The summed E-state index contributed by atoms with van der Waals surface area (Å²) < 4.78 is 25.5. The third kappa shape index (κ3) is 2.10. The molecular weight excluding hydrogens is 320 g/mol. The van der Waals surface area contributed by atoms with Gasteiger partial charge in [-0.25, -0.2) is 17.9 Å². The topological polar surface area (TPSA) is 67.6 Å². The van der Waals surface area contributed by atoms with E-state index in [1.54, 1.807) is 4.52 Å². The molecule has 1 fully saturated rings. The van der Waals surface area contributed by atoms with Crippen molar-refractivity contribution >= 4 is 37.1 Å². The fourth-order valence-electron chi connectivity index (χ4n) is 2.06. The molecule has 0 bridgehead atoms. The molecule has 2 aromatic rings. The van der Waals surface area contributed by atoms with Crippen molar-refractivity contribution in [1.82, 2.24) is 14.6 Å². The smallest absolute Gasteiger partial charge is 0.178 e. The highest BCUT2D eigenvalue weighted by atomic mass is 79.9. The van der Waals surface area contributed by atoms with Crippen molar-refractivity contribution in [3.05, 3.63) is 23.1 Å². The van der Waals surface area contributed by atoms with Gasteiger partial charge in [0.15, 0.2) is 15.5 Å². The number of hydrogen-bond donors (Lipinski definition) is 0. The molecule has 96 valence electrons. The summed E-state index contributed by atoms with van der Waals surface area (Å²) in [4.78, 5) is 6.25. The van der Waals surface area contributed by atoms with Gasteiger partial charge in [0, 0.05) is 23.8 Å². The summed E-state index contributed by atoms with van der Waals surface area (Å²) in [7, 11) is -2.87. The molecule has 0 N–H and O–H groups in total. The van der Waals surface area contributed by atoms with Crippen LogP contribution in [0.3, 0.4) is 0 Å². The van der Waals surface area contributed by atoms with Gasteiger partial charge in [-0.2, -0.15) is 5.10 Å². The molecule has 3 rings (SSSR count). The molecule has 1 aliphatic heterocycles. The van der Waals surface area contributed by atoms with Crippen LogP contribution in [0.4, 0.5) is 5.69 Å². The Morgan fingerprint density at radius 3 is 2.72 bits per heavy atom. The maximum absolute atomic E-state index is 11.4. The lowest BCUT2D eigenvalue weighted by Crippen LogP contribution is -2.40. The average molecular weight is 331 g/mol. The largest absolute Gasteiger partial charge is 0.366 e. The molecular formula is C10H11BrN4O2S. The number of sulfone groups is 1. The first-order valence-corrected chi connectivity index (χ1v) is 8.11. The Morgan fingerprint density at radius 1 is 1.28 bits per heavy atom. The van der Waals surface area contributed by atoms with Crippen LogP contribution in [0, 0.1) is 0 Å². The Kier molecular flexibility index (Phi) is 2.78. The molecule has 0 amide bonds. The number of pyridine rings is 1. The number of aromatic nitrogens is 3. The highest BCUT2D eigenvalue weighted by Gasteiger charge is 2.23. The van der Waals surface area contributed by atoms with E-state index in [1.807, 2.05) is 17.2 Å². The lowest BCUT2D eigenvalue weighted by atomic mass is 10.3. The predicted octanol–water partition coefficient (Wildman–Crippen LogP) is 0.727. The molecule has 0 radical (unpaired) electrons. The van der Waals surface area contributed by atoms with Gasteiger partial charge in [0.25, 0.3) is 0 Å². The van der Waals surface area contributed by atoms with Crippen LogP contribution in [0.15, 0.2) is 23.1 Å². The molecule has 0 aliphatic carbocycles. The zero-order valence-electron chi connectivity index (χ0n) is 9.45. The summed E-state index contributed by atoms with van der Waals surface area (Å²) in [6, 6.07) is 1.95. The van der Waals surface area contributed by atoms with Crippen molar-refractivity contribution in [3.8, 4) is 0 Å². The normalized spacial score (nSPS) is 19.3. The van der Waals surface area contributed by atoms with Crippen molar-refractivity contribution in [2.24, 2.45) is 0 Å². The Morgan fingerprint density at radius 2 is 2.00 bits per heavy atom. The zero-order valence-corrected chi connectivity index (χ0v) is 11.9. The molecule has 0 aromatic carbocycles. The maximum atomic E-state index is 11.4. The van der Waals surface area contributed by atoms with Crippen LogP contribution >= 0.6 is 15.9 Å². The van der Waals surface area contributed by atoms with Crippen LogP contribution in [0.2, 0.25) is 0 Å². The summed E-state index contributed by atoms with van der Waals surface area (Å²) in [5.74, 6) is 0.389. The first-order valence-electron chi connectivity index (χ1n) is 5.49. The first-order chi connectivity index (χ1) is 8.55. The molecule has 0 saturated carbocycles. The number of nitrogens with zero attached hydrogens (tertiary/aromatic N) is 4. The van der Waals surface area contributed by atoms with Gasteiger partial charge in [0.2, 0.25) is 0 Å². The van der Waals surface area contributed by atoms with Crippen LogP contribution in [0.25, 0.3) is 5.65 Å². The van der Waals surface area contributed by atoms with Gasteiger partial charge in [-0.3, -0.25) is 0 Å². The lowest BCUT2D eigenvalue weighted by Gasteiger charge is -2.28. The molecule has 8 heteroatoms. The van der Waals surface area contributed by atoms with Crippen molar-refractivity contribution < 1.29 is 8.42 Å². The van der Waals surface area contributed by atoms with Crippen LogP contribution in [-0.4, -0.2) is 47.6 Å². The monoisotopic (exact) mass is 330 g/mol. The van der Waals surface area contributed by atoms with Gasteiger partial charge < -0.3 is 4.90 Å². The Balaban J connectivity index is 2.02. The van der Waals surface area contributed by atoms with Crippen molar-refractivity contribution in [2.75, 3.05) is 29.5 Å². The number of anilines is 1. The van der Waals surface area contributed by atoms with E-state index in [1.165, 1.54) is 6.33 Å². The van der Waals surface area contributed by atoms with E-state index in [4.69, 9.17) is 0 Å². The van der Waals surface area contributed by atoms with Crippen LogP contribution in [-0.2, 0) is 9.84 Å². The van der Waals surface area contributed by atoms with E-state index in [0.717, 1.165) is 15.8 Å². The molecule has 1 saturated heterocycles. The summed E-state index contributed by atoms with van der Waals surface area (Å²) in [5.41, 5.74) is 1.66. The van der Waals surface area contributed by atoms with Crippen LogP contribution in [0.1, 0.15) is 0 Å². The SMILES string of the molecule is O=S1(=O)CCN(c2cc(Br)cn3ncnc23)CC1. The standard InChI is InChI=1S/C10H11BrN4O2S/c11-8-5-9(10-12-7-13-15(10)6-8)14-1-3-18(16,17)4-2-14/h5-7H,1-4H2. The summed E-state index contributed by atoms with van der Waals surface area (Å²) in [6.07, 6.45) is 3.32. The second-order valence-electron chi connectivity index (χ2n) is 4.21. The Bertz CT molecular complexity index is 683. The molecule has 0 unspecified atom stereocenters. The molecule has 3 heterocycles. The van der Waals surface area contributed by atoms with E-state index in [-0.39, 0.29) is 11.5 Å². The van der Waals surface area contributed by atoms with Crippen LogP contribution < -0.4 is 4.90 Å². The molecule has 1 aliphatic rings. The fraction of sp³-hybridized carbons (Fsp3) is 0.400. The van der Waals surface area contributed by atoms with E-state index in [0.29, 0.717) is 13.1 Å². The summed E-state index contributed by atoms with van der Waals surface area (Å²) in [5, 5.41) is 4.09. The third-order valence-corrected chi connectivity index (χ3v) is 5.05. The molecule has 0 spiro atoms. The summed E-state index contributed by atoms with van der Waals surface area (Å²) in [6.45, 7) is 1.00. The van der Waals surface area contributed by atoms with Crippen LogP contribution in [0.5, 0.6) is 0 Å². The van der Waals surface area contributed by atoms with E-state index < -0.39 is 9.84 Å². The molecule has 0 atom stereocenters. The molecule has 6 nitrogen and oxygen atoms in total. The molecule has 18 heavy (non-hydrogen) atoms. The van der Waals surface area contributed by atoms with Gasteiger partial charge in [-0.15, -0.1) is 0 Å². The maximum Gasteiger partial charge on any atom is 0.178 e. The quantitative estimate of drug-likeness (QED) is 0.771. The minimum atomic E-state index is -2.87. The van der Waals surface area contributed by atoms with E-state index in [9.17, 15) is 8.42 Å². The third-order valence-electron chi connectivity index (χ3n) is 3.01. The minimum absolute atomic E-state index is 0.194. The molecule has 2 aromatic heterocycles. The van der Waals surface area contributed by atoms with E-state index in [2.05, 4.69) is 26.0 Å². The van der Waals surface area contributed by atoms with Gasteiger partial charge >= 0.3 is 0 Å². The predicted molar refractivity (Wildman–Crippen MR) is 71.6 cm³/mol. The number of halogens is 1. The fourth-order valence-corrected chi connectivity index (χ4v) is 3.68. The number of fused-ring (bicyclic) bond motifs is 1. The Hall–Kier alpha value is -1.15. The van der Waals surface area contributed by atoms with Crippen molar-refractivity contribution in [3.63, 3.8) is 0 Å². The highest BCUT2D eigenvalue weighted by molar-refractivity contribution is 9.10. The van der Waals surface area contributed by atoms with Gasteiger partial charge in [0.05, 0.1) is 17.2 Å². The van der Waals surface area contributed by atoms with Crippen molar-refractivity contribution in [2.45, 2.75) is 0 Å². The lowest BCUT2D eigenvalue weighted by molar-refractivity contribution is 0.587. The van der Waals surface area contributed by atoms with E-state index >= 15 is 0 Å². The average Bonchev–Trinajstić information content (AvgIpc) is 2.76. The first kappa shape index (κ1) is 11.9. The van der Waals surface area contributed by atoms with Gasteiger partial charge in [-0.1, -0.05) is 0 Å². The van der Waals surface area contributed by atoms with Gasteiger partial charge in [0.1, 0.15) is 6.33 Å². The van der Waals surface area contributed by atoms with Gasteiger partial charge in [-0.05, 0) is 22.0 Å². The second kappa shape index (κ2) is 4.20. The zero-order chi connectivity index (χ0) is 12.8. The number of rotatable bonds is 1.